The number of aromatic nitrogens is 3. The molecule has 3 rings (SSSR count). The van der Waals surface area contributed by atoms with Gasteiger partial charge in [-0.1, -0.05) is 59.0 Å². The zero-order valence-corrected chi connectivity index (χ0v) is 17.9. The summed E-state index contributed by atoms with van der Waals surface area (Å²) in [7, 11) is -3.12. The van der Waals surface area contributed by atoms with Gasteiger partial charge in [-0.05, 0) is 12.5 Å². The van der Waals surface area contributed by atoms with E-state index in [1.54, 1.807) is 0 Å². The quantitative estimate of drug-likeness (QED) is 0.676. The number of benzene rings is 1. The molecule has 0 aliphatic carbocycles. The third kappa shape index (κ3) is 5.74. The highest BCUT2D eigenvalue weighted by molar-refractivity contribution is 8.22. The number of aryl methyl sites for hydroxylation is 1. The smallest absolute Gasteiger partial charge is 0.211 e. The van der Waals surface area contributed by atoms with Crippen LogP contribution in [0, 0.1) is 6.92 Å². The van der Waals surface area contributed by atoms with E-state index in [0.717, 1.165) is 10.0 Å². The molecule has 0 N–H and O–H groups in total. The molecule has 1 fully saturated rings. The van der Waals surface area contributed by atoms with Crippen LogP contribution in [0.1, 0.15) is 16.8 Å². The van der Waals surface area contributed by atoms with Crippen LogP contribution in [0.25, 0.3) is 0 Å². The summed E-state index contributed by atoms with van der Waals surface area (Å²) in [5, 5.41) is 8.40. The molecule has 1 aliphatic rings. The molecule has 1 aliphatic heterocycles. The first-order valence-corrected chi connectivity index (χ1v) is 11.9. The molecule has 10 heteroatoms. The van der Waals surface area contributed by atoms with E-state index in [4.69, 9.17) is 12.2 Å². The largest absolute Gasteiger partial charge is 0.355 e. The van der Waals surface area contributed by atoms with Crippen LogP contribution in [0.4, 0.5) is 0 Å². The lowest BCUT2D eigenvalue weighted by atomic mass is 10.1. The maximum atomic E-state index is 11.6. The maximum absolute atomic E-state index is 11.6. The second kappa shape index (κ2) is 8.68. The highest BCUT2D eigenvalue weighted by atomic mass is 32.2. The fraction of sp³-hybridized carbons (Fsp3) is 0.471. The van der Waals surface area contributed by atoms with Gasteiger partial charge in [0.25, 0.3) is 0 Å². The number of hydrogen-bond acceptors (Lipinski definition) is 6. The third-order valence-electron chi connectivity index (χ3n) is 4.36. The minimum Gasteiger partial charge on any atom is -0.355 e. The molecule has 1 aromatic heterocycles. The first-order valence-electron chi connectivity index (χ1n) is 8.62. The number of sulfonamides is 1. The Labute approximate surface area is 169 Å². The van der Waals surface area contributed by atoms with E-state index in [1.807, 2.05) is 10.9 Å². The van der Waals surface area contributed by atoms with Crippen LogP contribution in [0.2, 0.25) is 0 Å². The molecule has 1 aromatic carbocycles. The Hall–Kier alpha value is -1.49. The predicted octanol–water partition coefficient (Wildman–Crippen LogP) is 1.73. The molecule has 0 radical (unpaired) electrons. The topological polar surface area (TPSA) is 71.3 Å². The molecule has 0 amide bonds. The SMILES string of the molecule is Cc1ccc(Cn2cc(CSC(=S)N3CCN(S(C)(=O)=O)CC3)nn2)cc1. The van der Waals surface area contributed by atoms with Crippen molar-refractivity contribution in [1.29, 1.82) is 0 Å². The van der Waals surface area contributed by atoms with Crippen molar-refractivity contribution in [2.24, 2.45) is 0 Å². The van der Waals surface area contributed by atoms with Crippen LogP contribution in [0.5, 0.6) is 0 Å². The monoisotopic (exact) mass is 425 g/mol. The Morgan fingerprint density at radius 1 is 1.19 bits per heavy atom. The van der Waals surface area contributed by atoms with Gasteiger partial charge < -0.3 is 4.90 Å². The Kier molecular flexibility index (Phi) is 6.51. The molecule has 2 heterocycles. The number of piperazine rings is 1. The van der Waals surface area contributed by atoms with E-state index < -0.39 is 10.0 Å². The molecule has 2 aromatic rings. The van der Waals surface area contributed by atoms with Gasteiger partial charge in [0, 0.05) is 38.1 Å². The van der Waals surface area contributed by atoms with E-state index in [1.165, 1.54) is 33.4 Å². The summed E-state index contributed by atoms with van der Waals surface area (Å²) in [4.78, 5) is 2.05. The first-order chi connectivity index (χ1) is 12.8. The standard InChI is InChI=1S/C17H23N5O2S3/c1-14-3-5-15(6-4-14)11-21-12-16(18-19-21)13-26-17(25)20-7-9-22(10-8-20)27(2,23)24/h3-6,12H,7-11,13H2,1-2H3. The van der Waals surface area contributed by atoms with E-state index in [9.17, 15) is 8.42 Å². The van der Waals surface area contributed by atoms with E-state index >= 15 is 0 Å². The van der Waals surface area contributed by atoms with Gasteiger partial charge in [-0.15, -0.1) is 5.10 Å². The van der Waals surface area contributed by atoms with Crippen molar-refractivity contribution in [3.05, 3.63) is 47.3 Å². The molecule has 0 spiro atoms. The summed E-state index contributed by atoms with van der Waals surface area (Å²) in [6.07, 6.45) is 3.19. The number of thiocarbonyl (C=S) groups is 1. The molecule has 0 atom stereocenters. The predicted molar refractivity (Wildman–Crippen MR) is 112 cm³/mol. The Balaban J connectivity index is 1.47. The summed E-state index contributed by atoms with van der Waals surface area (Å²) < 4.78 is 27.2. The zero-order chi connectivity index (χ0) is 19.4. The van der Waals surface area contributed by atoms with Crippen molar-refractivity contribution in [2.45, 2.75) is 19.2 Å². The normalized spacial score (nSPS) is 15.9. The van der Waals surface area contributed by atoms with Crippen LogP contribution in [0.3, 0.4) is 0 Å². The number of rotatable bonds is 5. The second-order valence-corrected chi connectivity index (χ2v) is 10.2. The highest BCUT2D eigenvalue weighted by Crippen LogP contribution is 2.17. The molecule has 0 unspecified atom stereocenters. The van der Waals surface area contributed by atoms with Gasteiger partial charge in [0.05, 0.1) is 18.5 Å². The van der Waals surface area contributed by atoms with Crippen molar-refractivity contribution >= 4 is 38.3 Å². The number of hydrogen-bond donors (Lipinski definition) is 0. The lowest BCUT2D eigenvalue weighted by Gasteiger charge is -2.34. The summed E-state index contributed by atoms with van der Waals surface area (Å²) in [5.74, 6) is 0.652. The fourth-order valence-corrected chi connectivity index (χ4v) is 4.75. The number of nitrogens with zero attached hydrogens (tertiary/aromatic N) is 5. The summed E-state index contributed by atoms with van der Waals surface area (Å²) in [6, 6.07) is 8.36. The minimum absolute atomic E-state index is 0.478. The second-order valence-electron chi connectivity index (χ2n) is 6.60. The fourth-order valence-electron chi connectivity index (χ4n) is 2.79. The summed E-state index contributed by atoms with van der Waals surface area (Å²) >= 11 is 7.03. The summed E-state index contributed by atoms with van der Waals surface area (Å²) in [6.45, 7) is 4.96. The zero-order valence-electron chi connectivity index (χ0n) is 15.4. The van der Waals surface area contributed by atoms with Crippen LogP contribution >= 0.6 is 24.0 Å². The molecular weight excluding hydrogens is 402 g/mol. The Bertz CT molecular complexity index is 888. The van der Waals surface area contributed by atoms with Crippen molar-refractivity contribution in [3.8, 4) is 0 Å². The van der Waals surface area contributed by atoms with E-state index in [2.05, 4.69) is 46.4 Å². The van der Waals surface area contributed by atoms with Gasteiger partial charge in [-0.25, -0.2) is 13.1 Å². The molecule has 1 saturated heterocycles. The molecule has 27 heavy (non-hydrogen) atoms. The first kappa shape index (κ1) is 20.2. The van der Waals surface area contributed by atoms with Gasteiger partial charge in [0.1, 0.15) is 4.32 Å². The third-order valence-corrected chi connectivity index (χ3v) is 7.22. The number of thioether (sulfide) groups is 1. The van der Waals surface area contributed by atoms with Crippen LogP contribution in [-0.4, -0.2) is 69.4 Å². The average Bonchev–Trinajstić information content (AvgIpc) is 3.08. The molecule has 0 saturated carbocycles. The van der Waals surface area contributed by atoms with Crippen molar-refractivity contribution in [1.82, 2.24) is 24.2 Å². The van der Waals surface area contributed by atoms with Crippen molar-refractivity contribution in [2.75, 3.05) is 32.4 Å². The van der Waals surface area contributed by atoms with E-state index in [0.29, 0.717) is 38.5 Å². The van der Waals surface area contributed by atoms with Crippen molar-refractivity contribution < 1.29 is 8.42 Å². The van der Waals surface area contributed by atoms with Crippen LogP contribution in [-0.2, 0) is 22.3 Å². The highest BCUT2D eigenvalue weighted by Gasteiger charge is 2.24. The van der Waals surface area contributed by atoms with Gasteiger partial charge in [-0.3, -0.25) is 0 Å². The van der Waals surface area contributed by atoms with Gasteiger partial charge in [0.15, 0.2) is 0 Å². The van der Waals surface area contributed by atoms with Crippen LogP contribution < -0.4 is 0 Å². The van der Waals surface area contributed by atoms with Crippen LogP contribution in [0.15, 0.2) is 30.5 Å². The Morgan fingerprint density at radius 2 is 1.85 bits per heavy atom. The maximum Gasteiger partial charge on any atom is 0.211 e. The van der Waals surface area contributed by atoms with Gasteiger partial charge in [-0.2, -0.15) is 4.31 Å². The van der Waals surface area contributed by atoms with E-state index in [-0.39, 0.29) is 0 Å². The molecule has 7 nitrogen and oxygen atoms in total. The van der Waals surface area contributed by atoms with Gasteiger partial charge in [0.2, 0.25) is 10.0 Å². The lowest BCUT2D eigenvalue weighted by molar-refractivity contribution is 0.273. The summed E-state index contributed by atoms with van der Waals surface area (Å²) in [5.41, 5.74) is 3.30. The molecule has 146 valence electrons. The van der Waals surface area contributed by atoms with Crippen molar-refractivity contribution in [3.63, 3.8) is 0 Å². The average molecular weight is 426 g/mol. The molecule has 0 bridgehead atoms. The minimum atomic E-state index is -3.12. The molecular formula is C17H23N5O2S3. The Morgan fingerprint density at radius 3 is 2.48 bits per heavy atom. The van der Waals surface area contributed by atoms with Gasteiger partial charge >= 0.3 is 0 Å². The lowest BCUT2D eigenvalue weighted by Crippen LogP contribution is -2.49.